The van der Waals surface area contributed by atoms with E-state index in [1.54, 1.807) is 4.90 Å². The van der Waals surface area contributed by atoms with Crippen molar-refractivity contribution in [3.63, 3.8) is 0 Å². The first-order valence-corrected chi connectivity index (χ1v) is 9.00. The lowest BCUT2D eigenvalue weighted by Gasteiger charge is -2.17. The van der Waals surface area contributed by atoms with E-state index in [1.165, 1.54) is 0 Å². The predicted molar refractivity (Wildman–Crippen MR) is 94.6 cm³/mol. The van der Waals surface area contributed by atoms with E-state index in [2.05, 4.69) is 5.32 Å². The second-order valence-electron chi connectivity index (χ2n) is 6.77. The van der Waals surface area contributed by atoms with Crippen molar-refractivity contribution >= 4 is 17.5 Å². The highest BCUT2D eigenvalue weighted by Gasteiger charge is 2.33. The van der Waals surface area contributed by atoms with Gasteiger partial charge in [0.15, 0.2) is 0 Å². The molecular weight excluding hydrogens is 320 g/mol. The van der Waals surface area contributed by atoms with Gasteiger partial charge in [-0.1, -0.05) is 6.07 Å². The lowest BCUT2D eigenvalue weighted by Crippen LogP contribution is -2.28. The molecule has 136 valence electrons. The van der Waals surface area contributed by atoms with Crippen molar-refractivity contribution < 1.29 is 19.1 Å². The first-order valence-electron chi connectivity index (χ1n) is 9.00. The Morgan fingerprint density at radius 2 is 2.28 bits per heavy atom. The number of aryl methyl sites for hydroxylation is 1. The summed E-state index contributed by atoms with van der Waals surface area (Å²) in [6.45, 7) is 6.31. The topological polar surface area (TPSA) is 67.9 Å². The van der Waals surface area contributed by atoms with Crippen LogP contribution in [0.4, 0.5) is 5.69 Å². The molecule has 2 amide bonds. The summed E-state index contributed by atoms with van der Waals surface area (Å²) in [5, 5.41) is 2.94. The SMILES string of the molecule is CCN1C[C@H](C(=O)Nc2ccc(C)cc2OC[C@H]2CCCO2)CC1=O. The highest BCUT2D eigenvalue weighted by molar-refractivity contribution is 5.98. The number of amides is 2. The third kappa shape index (κ3) is 4.31. The Hall–Kier alpha value is -2.08. The maximum atomic E-state index is 12.5. The summed E-state index contributed by atoms with van der Waals surface area (Å²) in [5.74, 6) is 0.261. The molecule has 6 heteroatoms. The van der Waals surface area contributed by atoms with Crippen LogP contribution in [-0.2, 0) is 14.3 Å². The van der Waals surface area contributed by atoms with Gasteiger partial charge < -0.3 is 19.7 Å². The zero-order valence-corrected chi connectivity index (χ0v) is 14.9. The molecule has 2 heterocycles. The molecule has 1 aromatic carbocycles. The molecule has 0 aliphatic carbocycles. The molecule has 0 saturated carbocycles. The van der Waals surface area contributed by atoms with Gasteiger partial charge in [-0.05, 0) is 44.4 Å². The van der Waals surface area contributed by atoms with Gasteiger partial charge in [-0.3, -0.25) is 9.59 Å². The van der Waals surface area contributed by atoms with Gasteiger partial charge in [0, 0.05) is 26.1 Å². The van der Waals surface area contributed by atoms with E-state index >= 15 is 0 Å². The van der Waals surface area contributed by atoms with Gasteiger partial charge in [0.1, 0.15) is 12.4 Å². The molecule has 2 fully saturated rings. The van der Waals surface area contributed by atoms with Crippen molar-refractivity contribution in [2.24, 2.45) is 5.92 Å². The van der Waals surface area contributed by atoms with Gasteiger partial charge in [0.25, 0.3) is 0 Å². The van der Waals surface area contributed by atoms with Crippen LogP contribution in [-0.4, -0.2) is 49.1 Å². The van der Waals surface area contributed by atoms with E-state index in [0.717, 1.165) is 25.0 Å². The molecule has 0 radical (unpaired) electrons. The first-order chi connectivity index (χ1) is 12.1. The van der Waals surface area contributed by atoms with Crippen LogP contribution in [0, 0.1) is 12.8 Å². The molecule has 0 bridgehead atoms. The van der Waals surface area contributed by atoms with Crippen LogP contribution in [0.1, 0.15) is 31.7 Å². The summed E-state index contributed by atoms with van der Waals surface area (Å²) in [4.78, 5) is 26.1. The second kappa shape index (κ2) is 7.87. The Balaban J connectivity index is 1.64. The summed E-state index contributed by atoms with van der Waals surface area (Å²) in [5.41, 5.74) is 1.71. The molecule has 1 aromatic rings. The van der Waals surface area contributed by atoms with Crippen LogP contribution in [0.15, 0.2) is 18.2 Å². The summed E-state index contributed by atoms with van der Waals surface area (Å²) < 4.78 is 11.5. The van der Waals surface area contributed by atoms with Crippen LogP contribution >= 0.6 is 0 Å². The molecule has 2 aliphatic rings. The molecule has 1 N–H and O–H groups in total. The maximum absolute atomic E-state index is 12.5. The highest BCUT2D eigenvalue weighted by Crippen LogP contribution is 2.28. The number of ether oxygens (including phenoxy) is 2. The molecule has 0 spiro atoms. The van der Waals surface area contributed by atoms with E-state index in [1.807, 2.05) is 32.0 Å². The van der Waals surface area contributed by atoms with Crippen molar-refractivity contribution in [3.05, 3.63) is 23.8 Å². The minimum Gasteiger partial charge on any atom is -0.489 e. The quantitative estimate of drug-likeness (QED) is 0.859. The highest BCUT2D eigenvalue weighted by atomic mass is 16.5. The maximum Gasteiger partial charge on any atom is 0.229 e. The Morgan fingerprint density at radius 1 is 1.44 bits per heavy atom. The van der Waals surface area contributed by atoms with Crippen molar-refractivity contribution in [2.45, 2.75) is 39.2 Å². The number of hydrogen-bond acceptors (Lipinski definition) is 4. The number of nitrogens with one attached hydrogen (secondary N) is 1. The lowest BCUT2D eigenvalue weighted by molar-refractivity contribution is -0.128. The summed E-state index contributed by atoms with van der Waals surface area (Å²) in [6.07, 6.45) is 2.46. The van der Waals surface area contributed by atoms with Gasteiger partial charge in [-0.15, -0.1) is 0 Å². The van der Waals surface area contributed by atoms with Crippen molar-refractivity contribution in [1.82, 2.24) is 4.90 Å². The number of rotatable bonds is 6. The van der Waals surface area contributed by atoms with Gasteiger partial charge in [-0.2, -0.15) is 0 Å². The number of nitrogens with zero attached hydrogens (tertiary/aromatic N) is 1. The average molecular weight is 346 g/mol. The Labute approximate surface area is 148 Å². The molecular formula is C19H26N2O4. The number of carbonyl (C=O) groups is 2. The first kappa shape index (κ1) is 17.7. The normalized spacial score (nSPS) is 23.1. The average Bonchev–Trinajstić information content (AvgIpc) is 3.24. The number of hydrogen-bond donors (Lipinski definition) is 1. The number of benzene rings is 1. The van der Waals surface area contributed by atoms with E-state index in [-0.39, 0.29) is 30.3 Å². The van der Waals surface area contributed by atoms with Crippen LogP contribution in [0.3, 0.4) is 0 Å². The predicted octanol–water partition coefficient (Wildman–Crippen LogP) is 2.36. The zero-order chi connectivity index (χ0) is 17.8. The van der Waals surface area contributed by atoms with Gasteiger partial charge in [0.2, 0.25) is 11.8 Å². The monoisotopic (exact) mass is 346 g/mol. The Bertz CT molecular complexity index is 640. The van der Waals surface area contributed by atoms with Gasteiger partial charge >= 0.3 is 0 Å². The van der Waals surface area contributed by atoms with Crippen LogP contribution in [0.5, 0.6) is 5.75 Å². The number of carbonyl (C=O) groups excluding carboxylic acids is 2. The minimum atomic E-state index is -0.306. The number of likely N-dealkylation sites (tertiary alicyclic amines) is 1. The third-order valence-corrected chi connectivity index (χ3v) is 4.81. The lowest BCUT2D eigenvalue weighted by atomic mass is 10.1. The van der Waals surface area contributed by atoms with E-state index in [0.29, 0.717) is 31.1 Å². The molecule has 0 unspecified atom stereocenters. The molecule has 25 heavy (non-hydrogen) atoms. The van der Waals surface area contributed by atoms with Crippen LogP contribution in [0.2, 0.25) is 0 Å². The molecule has 0 aromatic heterocycles. The minimum absolute atomic E-state index is 0.0430. The van der Waals surface area contributed by atoms with Crippen molar-refractivity contribution in [1.29, 1.82) is 0 Å². The van der Waals surface area contributed by atoms with Gasteiger partial charge in [0.05, 0.1) is 17.7 Å². The van der Waals surface area contributed by atoms with E-state index < -0.39 is 0 Å². The smallest absolute Gasteiger partial charge is 0.229 e. The zero-order valence-electron chi connectivity index (χ0n) is 14.9. The fraction of sp³-hybridized carbons (Fsp3) is 0.579. The summed E-state index contributed by atoms with van der Waals surface area (Å²) in [6, 6.07) is 5.71. The molecule has 2 aliphatic heterocycles. The van der Waals surface area contributed by atoms with E-state index in [4.69, 9.17) is 9.47 Å². The second-order valence-corrected chi connectivity index (χ2v) is 6.77. The number of anilines is 1. The van der Waals surface area contributed by atoms with Crippen molar-refractivity contribution in [3.8, 4) is 5.75 Å². The van der Waals surface area contributed by atoms with Crippen LogP contribution < -0.4 is 10.1 Å². The standard InChI is InChI=1S/C19H26N2O4/c1-3-21-11-14(10-18(21)22)19(23)20-16-7-6-13(2)9-17(16)25-12-15-5-4-8-24-15/h6-7,9,14-15H,3-5,8,10-12H2,1-2H3,(H,20,23)/t14-,15-/m1/s1. The fourth-order valence-corrected chi connectivity index (χ4v) is 3.30. The molecule has 2 atom stereocenters. The summed E-state index contributed by atoms with van der Waals surface area (Å²) in [7, 11) is 0. The summed E-state index contributed by atoms with van der Waals surface area (Å²) >= 11 is 0. The van der Waals surface area contributed by atoms with Gasteiger partial charge in [-0.25, -0.2) is 0 Å². The molecule has 2 saturated heterocycles. The van der Waals surface area contributed by atoms with Crippen LogP contribution in [0.25, 0.3) is 0 Å². The van der Waals surface area contributed by atoms with E-state index in [9.17, 15) is 9.59 Å². The molecule has 6 nitrogen and oxygen atoms in total. The fourth-order valence-electron chi connectivity index (χ4n) is 3.30. The third-order valence-electron chi connectivity index (χ3n) is 4.81. The largest absolute Gasteiger partial charge is 0.489 e. The Morgan fingerprint density at radius 3 is 2.96 bits per heavy atom. The molecule has 3 rings (SSSR count). The Kier molecular flexibility index (Phi) is 5.58. The van der Waals surface area contributed by atoms with Crippen molar-refractivity contribution in [2.75, 3.05) is 31.6 Å².